The number of aromatic nitrogens is 1. The van der Waals surface area contributed by atoms with Crippen molar-refractivity contribution in [2.24, 2.45) is 0 Å². The molecule has 5 heteroatoms. The summed E-state index contributed by atoms with van der Waals surface area (Å²) in [5.74, 6) is 0. The molecule has 5 nitrogen and oxygen atoms in total. The topological polar surface area (TPSA) is 68.3 Å². The molecule has 0 saturated carbocycles. The molecule has 0 aliphatic heterocycles. The summed E-state index contributed by atoms with van der Waals surface area (Å²) in [6.07, 6.45) is -0.666. The number of nitrogens with one attached hydrogen (secondary N) is 1. The Morgan fingerprint density at radius 2 is 2.00 bits per heavy atom. The van der Waals surface area contributed by atoms with Gasteiger partial charge in [0.15, 0.2) is 0 Å². The SMILES string of the molecule is Cc1cccc(NC(=O)OC(C)(C)C)c(=O)n1. The number of hydrogen-bond acceptors (Lipinski definition) is 4. The first-order valence-electron chi connectivity index (χ1n) is 5.26. The zero-order valence-corrected chi connectivity index (χ0v) is 10.4. The van der Waals surface area contributed by atoms with E-state index in [2.05, 4.69) is 10.3 Å². The summed E-state index contributed by atoms with van der Waals surface area (Å²) in [7, 11) is 0. The maximum Gasteiger partial charge on any atom is 0.412 e. The summed E-state index contributed by atoms with van der Waals surface area (Å²) in [5, 5.41) is 2.38. The molecule has 1 N–H and O–H groups in total. The zero-order chi connectivity index (χ0) is 13.1. The second kappa shape index (κ2) is 4.95. The standard InChI is InChI=1S/C12H16N2O3/c1-8-6-5-7-9(10(15)13-8)14-11(16)17-12(2,3)4/h5-7H,1-4H3,(H,13,14,15,16). The van der Waals surface area contributed by atoms with E-state index >= 15 is 0 Å². The Morgan fingerprint density at radius 1 is 1.35 bits per heavy atom. The van der Waals surface area contributed by atoms with Gasteiger partial charge in [-0.3, -0.25) is 10.1 Å². The molecule has 0 bridgehead atoms. The molecule has 92 valence electrons. The lowest BCUT2D eigenvalue weighted by atomic mass is 10.2. The number of anilines is 1. The number of carbonyl (C=O) groups is 1. The van der Waals surface area contributed by atoms with Crippen LogP contribution in [0, 0.1) is 6.92 Å². The molecule has 0 aliphatic carbocycles. The van der Waals surface area contributed by atoms with Crippen molar-refractivity contribution >= 4 is 11.8 Å². The molecule has 0 unspecified atom stereocenters. The van der Waals surface area contributed by atoms with Crippen molar-refractivity contribution in [3.63, 3.8) is 0 Å². The second-order valence-electron chi connectivity index (χ2n) is 4.62. The van der Waals surface area contributed by atoms with Crippen LogP contribution >= 0.6 is 0 Å². The number of amides is 1. The van der Waals surface area contributed by atoms with Gasteiger partial charge >= 0.3 is 6.09 Å². The number of nitrogens with zero attached hydrogens (tertiary/aromatic N) is 1. The number of aryl methyl sites for hydroxylation is 1. The molecule has 1 rings (SSSR count). The monoisotopic (exact) mass is 236 g/mol. The van der Waals surface area contributed by atoms with Gasteiger partial charge in [0.2, 0.25) is 0 Å². The van der Waals surface area contributed by atoms with Crippen LogP contribution in [0.15, 0.2) is 23.0 Å². The smallest absolute Gasteiger partial charge is 0.412 e. The van der Waals surface area contributed by atoms with Crippen molar-refractivity contribution in [2.45, 2.75) is 33.3 Å². The Morgan fingerprint density at radius 3 is 2.59 bits per heavy atom. The highest BCUT2D eigenvalue weighted by Crippen LogP contribution is 2.08. The predicted molar refractivity (Wildman–Crippen MR) is 65.1 cm³/mol. The first-order valence-corrected chi connectivity index (χ1v) is 5.26. The number of rotatable bonds is 1. The lowest BCUT2D eigenvalue weighted by molar-refractivity contribution is 0.0635. The second-order valence-corrected chi connectivity index (χ2v) is 4.62. The van der Waals surface area contributed by atoms with Crippen LogP contribution < -0.4 is 10.9 Å². The molecule has 0 spiro atoms. The fourth-order valence-corrected chi connectivity index (χ4v) is 1.12. The molecule has 1 aromatic rings. The Balaban J connectivity index is 2.87. The molecule has 0 atom stereocenters. The predicted octanol–water partition coefficient (Wildman–Crippen LogP) is 2.10. The largest absolute Gasteiger partial charge is 0.444 e. The van der Waals surface area contributed by atoms with Crippen LogP contribution in [-0.4, -0.2) is 16.7 Å². The van der Waals surface area contributed by atoms with Gasteiger partial charge in [-0.1, -0.05) is 6.07 Å². The van der Waals surface area contributed by atoms with Crippen LogP contribution in [-0.2, 0) is 4.74 Å². The summed E-state index contributed by atoms with van der Waals surface area (Å²) >= 11 is 0. The average Bonchev–Trinajstić information content (AvgIpc) is 2.25. The molecule has 0 aliphatic rings. The van der Waals surface area contributed by atoms with E-state index in [0.717, 1.165) is 0 Å². The molecule has 17 heavy (non-hydrogen) atoms. The van der Waals surface area contributed by atoms with Gasteiger partial charge < -0.3 is 4.74 Å². The molecule has 1 aromatic heterocycles. The van der Waals surface area contributed by atoms with Crippen LogP contribution in [0.5, 0.6) is 0 Å². The minimum Gasteiger partial charge on any atom is -0.444 e. The normalized spacial score (nSPS) is 10.8. The molecule has 1 heterocycles. The van der Waals surface area contributed by atoms with Gasteiger partial charge in [0.1, 0.15) is 11.3 Å². The minimum absolute atomic E-state index is 0.104. The number of carbonyl (C=O) groups excluding carboxylic acids is 1. The summed E-state index contributed by atoms with van der Waals surface area (Å²) in [6.45, 7) is 6.95. The van der Waals surface area contributed by atoms with Crippen molar-refractivity contribution in [3.05, 3.63) is 34.2 Å². The molecule has 1 amide bonds. The van der Waals surface area contributed by atoms with E-state index in [9.17, 15) is 9.59 Å². The van der Waals surface area contributed by atoms with Gasteiger partial charge in [-0.05, 0) is 39.8 Å². The van der Waals surface area contributed by atoms with Crippen LogP contribution in [0.25, 0.3) is 0 Å². The third-order valence-corrected chi connectivity index (χ3v) is 1.74. The van der Waals surface area contributed by atoms with E-state index < -0.39 is 17.3 Å². The maximum atomic E-state index is 11.6. The van der Waals surface area contributed by atoms with Crippen LogP contribution in [0.4, 0.5) is 10.5 Å². The average molecular weight is 236 g/mol. The highest BCUT2D eigenvalue weighted by Gasteiger charge is 2.16. The highest BCUT2D eigenvalue weighted by molar-refractivity contribution is 5.84. The van der Waals surface area contributed by atoms with E-state index in [-0.39, 0.29) is 5.69 Å². The molecule has 0 aromatic carbocycles. The van der Waals surface area contributed by atoms with Crippen molar-refractivity contribution in [3.8, 4) is 0 Å². The van der Waals surface area contributed by atoms with Gasteiger partial charge in [-0.15, -0.1) is 0 Å². The molecular formula is C12H16N2O3. The van der Waals surface area contributed by atoms with E-state index in [1.165, 1.54) is 6.07 Å². The Kier molecular flexibility index (Phi) is 3.83. The number of hydrogen-bond donors (Lipinski definition) is 1. The zero-order valence-electron chi connectivity index (χ0n) is 10.4. The molecular weight excluding hydrogens is 220 g/mol. The van der Waals surface area contributed by atoms with Gasteiger partial charge in [-0.25, -0.2) is 9.78 Å². The molecule has 0 saturated heterocycles. The van der Waals surface area contributed by atoms with Gasteiger partial charge in [-0.2, -0.15) is 0 Å². The Labute approximate surface area is 99.8 Å². The highest BCUT2D eigenvalue weighted by atomic mass is 16.6. The lowest BCUT2D eigenvalue weighted by Gasteiger charge is -2.19. The molecule has 0 radical (unpaired) electrons. The van der Waals surface area contributed by atoms with E-state index in [1.807, 2.05) is 0 Å². The fraction of sp³-hybridized carbons (Fsp3) is 0.417. The van der Waals surface area contributed by atoms with E-state index in [0.29, 0.717) is 5.69 Å². The third kappa shape index (κ3) is 4.63. The van der Waals surface area contributed by atoms with Gasteiger partial charge in [0, 0.05) is 5.69 Å². The summed E-state index contributed by atoms with van der Waals surface area (Å²) < 4.78 is 5.04. The van der Waals surface area contributed by atoms with Crippen molar-refractivity contribution in [2.75, 3.05) is 5.32 Å². The van der Waals surface area contributed by atoms with Crippen molar-refractivity contribution in [1.29, 1.82) is 0 Å². The molecule has 0 fully saturated rings. The Bertz CT molecular complexity index is 478. The van der Waals surface area contributed by atoms with E-state index in [4.69, 9.17) is 4.74 Å². The van der Waals surface area contributed by atoms with Crippen molar-refractivity contribution in [1.82, 2.24) is 4.98 Å². The van der Waals surface area contributed by atoms with E-state index in [1.54, 1.807) is 39.8 Å². The Hall–Kier alpha value is -1.91. The van der Waals surface area contributed by atoms with Gasteiger partial charge in [0.25, 0.3) is 5.56 Å². The summed E-state index contributed by atoms with van der Waals surface area (Å²) in [5.41, 5.74) is -0.397. The van der Waals surface area contributed by atoms with Crippen LogP contribution in [0.3, 0.4) is 0 Å². The quantitative estimate of drug-likeness (QED) is 0.810. The van der Waals surface area contributed by atoms with Gasteiger partial charge in [0.05, 0.1) is 0 Å². The summed E-state index contributed by atoms with van der Waals surface area (Å²) in [6, 6.07) is 4.82. The minimum atomic E-state index is -0.666. The van der Waals surface area contributed by atoms with Crippen molar-refractivity contribution < 1.29 is 9.53 Å². The maximum absolute atomic E-state index is 11.6. The van der Waals surface area contributed by atoms with Crippen LogP contribution in [0.2, 0.25) is 0 Å². The first kappa shape index (κ1) is 13.2. The fourth-order valence-electron chi connectivity index (χ4n) is 1.12. The summed E-state index contributed by atoms with van der Waals surface area (Å²) in [4.78, 5) is 26.8. The third-order valence-electron chi connectivity index (χ3n) is 1.74. The van der Waals surface area contributed by atoms with Crippen LogP contribution in [0.1, 0.15) is 26.5 Å². The lowest BCUT2D eigenvalue weighted by Crippen LogP contribution is -2.28. The number of ether oxygens (including phenoxy) is 1. The first-order chi connectivity index (χ1) is 7.78.